The monoisotopic (exact) mass is 233 g/mol. The van der Waals surface area contributed by atoms with Gasteiger partial charge >= 0.3 is 0 Å². The van der Waals surface area contributed by atoms with Gasteiger partial charge in [0.1, 0.15) is 11.9 Å². The van der Waals surface area contributed by atoms with E-state index in [0.717, 1.165) is 0 Å². The van der Waals surface area contributed by atoms with Crippen LogP contribution in [0.5, 0.6) is 0 Å². The van der Waals surface area contributed by atoms with Gasteiger partial charge in [0.05, 0.1) is 7.11 Å². The summed E-state index contributed by atoms with van der Waals surface area (Å²) in [4.78, 5) is 0. The Hall–Kier alpha value is -0.850. The molecule has 1 rings (SSSR count). The third kappa shape index (κ3) is 1.80. The first-order valence-corrected chi connectivity index (χ1v) is 5.90. The van der Waals surface area contributed by atoms with Gasteiger partial charge in [-0.2, -0.15) is 0 Å². The molecule has 15 heavy (non-hydrogen) atoms. The summed E-state index contributed by atoms with van der Waals surface area (Å²) in [6.07, 6.45) is 4.24. The van der Waals surface area contributed by atoms with E-state index in [9.17, 15) is 8.42 Å². The number of rotatable bonds is 3. The van der Waals surface area contributed by atoms with Crippen molar-refractivity contribution in [3.8, 4) is 0 Å². The van der Waals surface area contributed by atoms with E-state index in [1.807, 2.05) is 0 Å². The Bertz CT molecular complexity index is 398. The minimum atomic E-state index is -3.82. The zero-order valence-corrected chi connectivity index (χ0v) is 9.74. The van der Waals surface area contributed by atoms with Crippen LogP contribution in [-0.2, 0) is 19.5 Å². The number of ether oxygens (including phenoxy) is 2. The van der Waals surface area contributed by atoms with Crippen LogP contribution in [0.3, 0.4) is 0 Å². The summed E-state index contributed by atoms with van der Waals surface area (Å²) < 4.78 is 31.9. The molecule has 0 radical (unpaired) electrons. The highest BCUT2D eigenvalue weighted by Crippen LogP contribution is 2.33. The van der Waals surface area contributed by atoms with Gasteiger partial charge in [-0.3, -0.25) is 0 Å². The summed E-state index contributed by atoms with van der Waals surface area (Å²) in [7, 11) is -0.986. The molecule has 2 unspecified atom stereocenters. The van der Waals surface area contributed by atoms with Crippen molar-refractivity contribution in [2.45, 2.75) is 17.8 Å². The van der Waals surface area contributed by atoms with E-state index in [-0.39, 0.29) is 5.76 Å². The van der Waals surface area contributed by atoms with Crippen molar-refractivity contribution in [1.82, 2.24) is 0 Å². The van der Waals surface area contributed by atoms with Gasteiger partial charge in [-0.25, -0.2) is 13.6 Å². The Balaban J connectivity index is 3.32. The predicted molar refractivity (Wildman–Crippen MR) is 56.5 cm³/mol. The van der Waals surface area contributed by atoms with Crippen LogP contribution >= 0.6 is 0 Å². The number of methoxy groups -OCH3 is 2. The second-order valence-corrected chi connectivity index (χ2v) is 5.37. The average molecular weight is 233 g/mol. The normalized spacial score (nSPS) is 31.2. The van der Waals surface area contributed by atoms with Gasteiger partial charge in [-0.1, -0.05) is 12.2 Å². The zero-order chi connectivity index (χ0) is 11.7. The highest BCUT2D eigenvalue weighted by molar-refractivity contribution is 7.90. The lowest BCUT2D eigenvalue weighted by Crippen LogP contribution is -2.52. The SMILES string of the molecule is COC1=CC=CC(OC)C1(C)S(N)(=O)=O. The van der Waals surface area contributed by atoms with Crippen molar-refractivity contribution in [2.24, 2.45) is 5.14 Å². The summed E-state index contributed by atoms with van der Waals surface area (Å²) in [6, 6.07) is 0. The summed E-state index contributed by atoms with van der Waals surface area (Å²) >= 11 is 0. The summed E-state index contributed by atoms with van der Waals surface area (Å²) in [5.74, 6) is 0.277. The molecule has 1 aliphatic rings. The molecule has 2 atom stereocenters. The lowest BCUT2D eigenvalue weighted by Gasteiger charge is -2.35. The molecule has 0 heterocycles. The largest absolute Gasteiger partial charge is 0.499 e. The van der Waals surface area contributed by atoms with Crippen LogP contribution in [0, 0.1) is 0 Å². The first-order chi connectivity index (χ1) is 6.87. The fraction of sp³-hybridized carbons (Fsp3) is 0.556. The quantitative estimate of drug-likeness (QED) is 0.752. The van der Waals surface area contributed by atoms with Gasteiger partial charge in [0.25, 0.3) is 0 Å². The van der Waals surface area contributed by atoms with Crippen LogP contribution in [-0.4, -0.2) is 33.5 Å². The predicted octanol–water partition coefficient (Wildman–Crippen LogP) is 0.149. The standard InChI is InChI=1S/C9H15NO4S/c1-9(15(10,11)12)7(13-2)5-4-6-8(9)14-3/h4-7H,1-3H3,(H2,10,11,12). The van der Waals surface area contributed by atoms with E-state index in [0.29, 0.717) is 0 Å². The van der Waals surface area contributed by atoms with E-state index in [2.05, 4.69) is 0 Å². The van der Waals surface area contributed by atoms with Crippen LogP contribution in [0.1, 0.15) is 6.92 Å². The van der Waals surface area contributed by atoms with Crippen molar-refractivity contribution in [3.63, 3.8) is 0 Å². The Morgan fingerprint density at radius 3 is 2.47 bits per heavy atom. The van der Waals surface area contributed by atoms with Gasteiger partial charge < -0.3 is 9.47 Å². The maximum absolute atomic E-state index is 11.6. The minimum absolute atomic E-state index is 0.277. The molecule has 0 bridgehead atoms. The Morgan fingerprint density at radius 1 is 1.47 bits per heavy atom. The van der Waals surface area contributed by atoms with Crippen LogP contribution in [0.2, 0.25) is 0 Å². The second kappa shape index (κ2) is 3.96. The fourth-order valence-electron chi connectivity index (χ4n) is 1.61. The maximum Gasteiger partial charge on any atom is 0.224 e. The molecule has 86 valence electrons. The molecular weight excluding hydrogens is 218 g/mol. The zero-order valence-electron chi connectivity index (χ0n) is 8.93. The molecule has 0 spiro atoms. The van der Waals surface area contributed by atoms with Gasteiger partial charge in [0.2, 0.25) is 10.0 Å². The first kappa shape index (κ1) is 12.2. The lowest BCUT2D eigenvalue weighted by atomic mass is 9.96. The van der Waals surface area contributed by atoms with Gasteiger partial charge in [-0.15, -0.1) is 0 Å². The highest BCUT2D eigenvalue weighted by Gasteiger charge is 2.49. The maximum atomic E-state index is 11.6. The molecule has 0 aromatic rings. The second-order valence-electron chi connectivity index (χ2n) is 3.43. The Morgan fingerprint density at radius 2 is 2.07 bits per heavy atom. The molecule has 0 saturated heterocycles. The number of nitrogens with two attached hydrogens (primary N) is 1. The third-order valence-corrected chi connectivity index (χ3v) is 4.25. The van der Waals surface area contributed by atoms with Gasteiger partial charge in [0.15, 0.2) is 4.75 Å². The minimum Gasteiger partial charge on any atom is -0.499 e. The van der Waals surface area contributed by atoms with Crippen molar-refractivity contribution < 1.29 is 17.9 Å². The Kier molecular flexibility index (Phi) is 3.22. The van der Waals surface area contributed by atoms with Crippen LogP contribution in [0.25, 0.3) is 0 Å². The molecule has 0 aromatic heterocycles. The summed E-state index contributed by atoms with van der Waals surface area (Å²) in [6.45, 7) is 1.48. The summed E-state index contributed by atoms with van der Waals surface area (Å²) in [5.41, 5.74) is 0. The molecule has 0 aromatic carbocycles. The van der Waals surface area contributed by atoms with E-state index in [1.54, 1.807) is 18.2 Å². The fourth-order valence-corrected chi connectivity index (χ4v) is 2.54. The van der Waals surface area contributed by atoms with E-state index >= 15 is 0 Å². The molecular formula is C9H15NO4S. The lowest BCUT2D eigenvalue weighted by molar-refractivity contribution is 0.0928. The van der Waals surface area contributed by atoms with E-state index in [4.69, 9.17) is 14.6 Å². The van der Waals surface area contributed by atoms with Crippen LogP contribution < -0.4 is 5.14 Å². The average Bonchev–Trinajstić information content (AvgIpc) is 2.16. The van der Waals surface area contributed by atoms with Gasteiger partial charge in [0, 0.05) is 7.11 Å². The molecule has 1 aliphatic carbocycles. The molecule has 0 saturated carbocycles. The third-order valence-electron chi connectivity index (χ3n) is 2.63. The van der Waals surface area contributed by atoms with Crippen LogP contribution in [0.4, 0.5) is 0 Å². The molecule has 0 fully saturated rings. The molecule has 2 N–H and O–H groups in total. The summed E-state index contributed by atoms with van der Waals surface area (Å²) in [5, 5.41) is 5.21. The molecule has 5 nitrogen and oxygen atoms in total. The topological polar surface area (TPSA) is 78.6 Å². The van der Waals surface area contributed by atoms with Gasteiger partial charge in [-0.05, 0) is 13.0 Å². The van der Waals surface area contributed by atoms with Crippen molar-refractivity contribution in [1.29, 1.82) is 0 Å². The highest BCUT2D eigenvalue weighted by atomic mass is 32.2. The smallest absolute Gasteiger partial charge is 0.224 e. The number of sulfonamides is 1. The Labute approximate surface area is 89.6 Å². The number of allylic oxidation sites excluding steroid dienone is 2. The molecule has 0 amide bonds. The number of primary sulfonamides is 1. The molecule has 0 aliphatic heterocycles. The number of hydrogen-bond donors (Lipinski definition) is 1. The van der Waals surface area contributed by atoms with E-state index < -0.39 is 20.9 Å². The van der Waals surface area contributed by atoms with Crippen molar-refractivity contribution in [2.75, 3.05) is 14.2 Å². The van der Waals surface area contributed by atoms with Crippen molar-refractivity contribution >= 4 is 10.0 Å². The number of hydrogen-bond acceptors (Lipinski definition) is 4. The molecule has 6 heteroatoms. The van der Waals surface area contributed by atoms with Crippen LogP contribution in [0.15, 0.2) is 24.0 Å². The first-order valence-electron chi connectivity index (χ1n) is 4.36. The van der Waals surface area contributed by atoms with E-state index in [1.165, 1.54) is 21.1 Å². The van der Waals surface area contributed by atoms with Crippen molar-refractivity contribution in [3.05, 3.63) is 24.0 Å².